The minimum atomic E-state index is -0.556. The van der Waals surface area contributed by atoms with E-state index in [0.29, 0.717) is 44.2 Å². The molecule has 6 rings (SSSR count). The molecule has 0 saturated heterocycles. The van der Waals surface area contributed by atoms with Crippen LogP contribution in [0.5, 0.6) is 5.75 Å². The van der Waals surface area contributed by atoms with E-state index in [9.17, 15) is 19.5 Å². The second-order valence-electron chi connectivity index (χ2n) is 8.60. The van der Waals surface area contributed by atoms with Crippen LogP contribution in [0.15, 0.2) is 80.5 Å². The van der Waals surface area contributed by atoms with Crippen LogP contribution in [0, 0.1) is 6.92 Å². The first-order valence-electron chi connectivity index (χ1n) is 11.3. The summed E-state index contributed by atoms with van der Waals surface area (Å²) >= 11 is 0. The molecular weight excluding hydrogens is 474 g/mol. The number of rotatable bonds is 4. The molecule has 0 unspecified atom stereocenters. The maximum atomic E-state index is 13.2. The summed E-state index contributed by atoms with van der Waals surface area (Å²) in [6.45, 7) is 1.83. The lowest BCUT2D eigenvalue weighted by Gasteiger charge is -2.11. The molecule has 0 spiro atoms. The molecule has 0 aliphatic rings. The molecule has 11 heteroatoms. The van der Waals surface area contributed by atoms with Gasteiger partial charge in [-0.2, -0.15) is 5.11 Å². The van der Waals surface area contributed by atoms with Crippen molar-refractivity contribution in [1.29, 1.82) is 0 Å². The molecule has 2 heterocycles. The van der Waals surface area contributed by atoms with Crippen molar-refractivity contribution in [1.82, 2.24) is 19.9 Å². The third-order valence-corrected chi connectivity index (χ3v) is 6.10. The molecule has 6 N–H and O–H groups in total. The fourth-order valence-corrected chi connectivity index (χ4v) is 4.29. The second-order valence-corrected chi connectivity index (χ2v) is 8.60. The molecule has 182 valence electrons. The van der Waals surface area contributed by atoms with Crippen LogP contribution < -0.4 is 16.7 Å². The number of nitrogens with one attached hydrogen (secondary N) is 5. The Bertz CT molecular complexity index is 2010. The Kier molecular flexibility index (Phi) is 4.97. The van der Waals surface area contributed by atoms with Crippen LogP contribution >= 0.6 is 0 Å². The van der Waals surface area contributed by atoms with Crippen molar-refractivity contribution in [2.24, 2.45) is 10.2 Å². The number of aromatic hydroxyl groups is 1. The largest absolute Gasteiger partial charge is 0.505 e. The first kappa shape index (κ1) is 22.0. The summed E-state index contributed by atoms with van der Waals surface area (Å²) in [4.78, 5) is 47.0. The maximum Gasteiger partial charge on any atom is 0.323 e. The van der Waals surface area contributed by atoms with Crippen molar-refractivity contribution in [3.63, 3.8) is 0 Å². The molecule has 0 saturated carbocycles. The zero-order valence-corrected chi connectivity index (χ0v) is 19.3. The van der Waals surface area contributed by atoms with Crippen molar-refractivity contribution < 1.29 is 9.90 Å². The highest BCUT2D eigenvalue weighted by Crippen LogP contribution is 2.40. The third kappa shape index (κ3) is 3.93. The van der Waals surface area contributed by atoms with Gasteiger partial charge in [0.25, 0.3) is 5.91 Å². The van der Waals surface area contributed by atoms with Crippen LogP contribution in [-0.4, -0.2) is 30.9 Å². The molecule has 0 fully saturated rings. The molecule has 1 amide bonds. The number of phenols is 1. The van der Waals surface area contributed by atoms with E-state index in [1.807, 2.05) is 19.1 Å². The Balaban J connectivity index is 1.41. The molecule has 0 bridgehead atoms. The van der Waals surface area contributed by atoms with Crippen LogP contribution in [0.2, 0.25) is 0 Å². The zero-order valence-electron chi connectivity index (χ0n) is 19.3. The number of hydrogen-bond donors (Lipinski definition) is 6. The second kappa shape index (κ2) is 8.34. The Morgan fingerprint density at radius 2 is 1.49 bits per heavy atom. The van der Waals surface area contributed by atoms with E-state index in [4.69, 9.17) is 0 Å². The molecule has 0 aliphatic carbocycles. The minimum Gasteiger partial charge on any atom is -0.505 e. The number of amides is 1. The van der Waals surface area contributed by atoms with E-state index < -0.39 is 5.91 Å². The number of H-pyrrole nitrogens is 4. The number of phenolic OH excluding ortho intramolecular Hbond substituents is 1. The molecule has 11 nitrogen and oxygen atoms in total. The number of azo groups is 1. The van der Waals surface area contributed by atoms with Crippen LogP contribution in [0.3, 0.4) is 0 Å². The zero-order chi connectivity index (χ0) is 25.7. The molecule has 0 radical (unpaired) electrons. The van der Waals surface area contributed by atoms with Gasteiger partial charge in [0.2, 0.25) is 0 Å². The summed E-state index contributed by atoms with van der Waals surface area (Å²) in [5.74, 6) is -0.885. The van der Waals surface area contributed by atoms with Crippen LogP contribution in [0.25, 0.3) is 32.8 Å². The van der Waals surface area contributed by atoms with Crippen molar-refractivity contribution in [3.8, 4) is 5.75 Å². The van der Waals surface area contributed by atoms with Gasteiger partial charge >= 0.3 is 11.4 Å². The molecular formula is C26H19N7O4. The van der Waals surface area contributed by atoms with Gasteiger partial charge in [-0.05, 0) is 54.3 Å². The van der Waals surface area contributed by atoms with Gasteiger partial charge in [0.1, 0.15) is 5.69 Å². The van der Waals surface area contributed by atoms with Crippen LogP contribution in [0.4, 0.5) is 17.1 Å². The summed E-state index contributed by atoms with van der Waals surface area (Å²) in [5, 5.41) is 23.8. The van der Waals surface area contributed by atoms with Gasteiger partial charge in [-0.25, -0.2) is 9.59 Å². The standard InChI is InChI=1S/C26H19N7O4/c1-12-8-19-21(31-26(37)29-19)11-18(12)32-33-22-15-5-3-2-4-13(15)9-16(23(22)34)24(35)27-14-6-7-17-20(10-14)30-25(36)28-17/h2-11,34H,1H3,(H,27,35)(H2,28,30,36)(H2,29,31,37). The highest BCUT2D eigenvalue weighted by molar-refractivity contribution is 6.12. The Morgan fingerprint density at radius 3 is 2.27 bits per heavy atom. The lowest BCUT2D eigenvalue weighted by Crippen LogP contribution is -2.12. The van der Waals surface area contributed by atoms with Gasteiger partial charge in [-0.1, -0.05) is 24.3 Å². The summed E-state index contributed by atoms with van der Waals surface area (Å²) < 4.78 is 0. The van der Waals surface area contributed by atoms with Crippen LogP contribution in [-0.2, 0) is 0 Å². The van der Waals surface area contributed by atoms with Gasteiger partial charge in [0, 0.05) is 11.1 Å². The Hall–Kier alpha value is -5.45. The summed E-state index contributed by atoms with van der Waals surface area (Å²) in [5.41, 5.74) is 3.54. The number of carbonyl (C=O) groups excluding carboxylic acids is 1. The quantitative estimate of drug-likeness (QED) is 0.193. The summed E-state index contributed by atoms with van der Waals surface area (Å²) in [7, 11) is 0. The highest BCUT2D eigenvalue weighted by atomic mass is 16.3. The van der Waals surface area contributed by atoms with Gasteiger partial charge < -0.3 is 30.4 Å². The molecule has 37 heavy (non-hydrogen) atoms. The number of aromatic nitrogens is 4. The number of fused-ring (bicyclic) bond motifs is 3. The molecule has 2 aromatic heterocycles. The van der Waals surface area contributed by atoms with Crippen molar-refractivity contribution in [2.75, 3.05) is 5.32 Å². The SMILES string of the molecule is Cc1cc2[nH]c(=O)[nH]c2cc1N=Nc1c(O)c(C(=O)Nc2ccc3[nH]c(=O)[nH]c3c2)cc2ccccc12. The normalized spacial score (nSPS) is 11.7. The van der Waals surface area contributed by atoms with Gasteiger partial charge in [0.15, 0.2) is 5.75 Å². The van der Waals surface area contributed by atoms with Crippen molar-refractivity contribution in [3.05, 3.63) is 92.8 Å². The first-order chi connectivity index (χ1) is 17.9. The lowest BCUT2D eigenvalue weighted by molar-refractivity contribution is 0.102. The van der Waals surface area contributed by atoms with Gasteiger partial charge in [-0.15, -0.1) is 5.11 Å². The molecule has 0 atom stereocenters. The Labute approximate surface area is 206 Å². The monoisotopic (exact) mass is 493 g/mol. The number of aryl methyl sites for hydroxylation is 1. The van der Waals surface area contributed by atoms with Gasteiger partial charge in [0.05, 0.1) is 33.3 Å². The average molecular weight is 493 g/mol. The van der Waals surface area contributed by atoms with E-state index in [1.54, 1.807) is 48.5 Å². The predicted octanol–water partition coefficient (Wildman–Crippen LogP) is 4.86. The maximum absolute atomic E-state index is 13.2. The number of imidazole rings is 2. The van der Waals surface area contributed by atoms with Crippen LogP contribution in [0.1, 0.15) is 15.9 Å². The number of nitrogens with zero attached hydrogens (tertiary/aromatic N) is 2. The average Bonchev–Trinajstić information content (AvgIpc) is 3.42. The number of benzene rings is 4. The fraction of sp³-hybridized carbons (Fsp3) is 0.0385. The summed E-state index contributed by atoms with van der Waals surface area (Å²) in [6, 6.07) is 17.2. The van der Waals surface area contributed by atoms with Crippen molar-refractivity contribution >= 4 is 55.8 Å². The molecule has 0 aliphatic heterocycles. The topological polar surface area (TPSA) is 171 Å². The first-order valence-corrected chi connectivity index (χ1v) is 11.3. The number of hydrogen-bond acceptors (Lipinski definition) is 6. The van der Waals surface area contributed by atoms with Gasteiger partial charge in [-0.3, -0.25) is 4.79 Å². The minimum absolute atomic E-state index is 0.0115. The highest BCUT2D eigenvalue weighted by Gasteiger charge is 2.19. The lowest BCUT2D eigenvalue weighted by atomic mass is 10.0. The number of anilines is 1. The molecule has 4 aromatic carbocycles. The van der Waals surface area contributed by atoms with E-state index in [1.165, 1.54) is 0 Å². The van der Waals surface area contributed by atoms with E-state index in [-0.39, 0.29) is 28.4 Å². The summed E-state index contributed by atoms with van der Waals surface area (Å²) in [6.07, 6.45) is 0. The smallest absolute Gasteiger partial charge is 0.323 e. The van der Waals surface area contributed by atoms with E-state index >= 15 is 0 Å². The fourth-order valence-electron chi connectivity index (χ4n) is 4.29. The Morgan fingerprint density at radius 1 is 0.811 bits per heavy atom. The number of carbonyl (C=O) groups is 1. The van der Waals surface area contributed by atoms with E-state index in [2.05, 4.69) is 35.5 Å². The number of aromatic amines is 4. The van der Waals surface area contributed by atoms with Crippen molar-refractivity contribution in [2.45, 2.75) is 6.92 Å². The third-order valence-electron chi connectivity index (χ3n) is 6.10. The van der Waals surface area contributed by atoms with E-state index in [0.717, 1.165) is 5.56 Å². The predicted molar refractivity (Wildman–Crippen MR) is 140 cm³/mol. The molecule has 6 aromatic rings.